The summed E-state index contributed by atoms with van der Waals surface area (Å²) in [5.41, 5.74) is 2.70. The van der Waals surface area contributed by atoms with Crippen LogP contribution in [-0.2, 0) is 17.6 Å². The topological polar surface area (TPSA) is 30.5 Å². The van der Waals surface area contributed by atoms with Gasteiger partial charge in [0.15, 0.2) is 0 Å². The van der Waals surface area contributed by atoms with Crippen LogP contribution in [0.25, 0.3) is 0 Å². The van der Waals surface area contributed by atoms with E-state index in [1.54, 1.807) is 7.11 Å². The normalized spacial score (nSPS) is 32.2. The standard InChI is InChI=1S/C18H27NO2/c1-13(2)17(3)11-19-12-18(21-17)8-7-14-5-6-16(20-4)9-15(14)10-18/h5-6,9,13,19H,7-8,10-12H2,1-4H3. The Morgan fingerprint density at radius 3 is 2.76 bits per heavy atom. The zero-order valence-electron chi connectivity index (χ0n) is 13.7. The maximum atomic E-state index is 6.69. The Hall–Kier alpha value is -1.06. The van der Waals surface area contributed by atoms with Gasteiger partial charge in [0.25, 0.3) is 0 Å². The highest BCUT2D eigenvalue weighted by Gasteiger charge is 2.46. The maximum absolute atomic E-state index is 6.69. The average molecular weight is 289 g/mol. The molecule has 2 unspecified atom stereocenters. The lowest BCUT2D eigenvalue weighted by molar-refractivity contribution is -0.193. The molecule has 3 heteroatoms. The van der Waals surface area contributed by atoms with Gasteiger partial charge in [-0.1, -0.05) is 19.9 Å². The van der Waals surface area contributed by atoms with Crippen LogP contribution in [-0.4, -0.2) is 31.4 Å². The molecule has 116 valence electrons. The van der Waals surface area contributed by atoms with Crippen LogP contribution in [0.2, 0.25) is 0 Å². The fourth-order valence-corrected chi connectivity index (χ4v) is 3.60. The van der Waals surface area contributed by atoms with Crippen LogP contribution < -0.4 is 10.1 Å². The van der Waals surface area contributed by atoms with Crippen LogP contribution in [0.5, 0.6) is 5.75 Å². The molecule has 0 aromatic heterocycles. The Bertz CT molecular complexity index is 528. The molecule has 0 bridgehead atoms. The Kier molecular flexibility index (Phi) is 3.74. The number of hydrogen-bond acceptors (Lipinski definition) is 3. The van der Waals surface area contributed by atoms with E-state index in [-0.39, 0.29) is 11.2 Å². The highest BCUT2D eigenvalue weighted by atomic mass is 16.5. The molecule has 3 nitrogen and oxygen atoms in total. The Morgan fingerprint density at radius 2 is 2.05 bits per heavy atom. The summed E-state index contributed by atoms with van der Waals surface area (Å²) in [5, 5.41) is 3.62. The molecular weight excluding hydrogens is 262 g/mol. The summed E-state index contributed by atoms with van der Waals surface area (Å²) in [5.74, 6) is 1.45. The van der Waals surface area contributed by atoms with E-state index in [4.69, 9.17) is 9.47 Å². The highest BCUT2D eigenvalue weighted by Crippen LogP contribution is 2.39. The minimum absolute atomic E-state index is 0.0589. The van der Waals surface area contributed by atoms with Crippen molar-refractivity contribution in [2.24, 2.45) is 5.92 Å². The Balaban J connectivity index is 1.87. The van der Waals surface area contributed by atoms with Crippen molar-refractivity contribution in [3.05, 3.63) is 29.3 Å². The zero-order valence-corrected chi connectivity index (χ0v) is 13.7. The van der Waals surface area contributed by atoms with Crippen molar-refractivity contribution in [2.75, 3.05) is 20.2 Å². The molecule has 0 saturated carbocycles. The lowest BCUT2D eigenvalue weighted by Gasteiger charge is -2.51. The van der Waals surface area contributed by atoms with Gasteiger partial charge in [-0.3, -0.25) is 0 Å². The van der Waals surface area contributed by atoms with Crippen molar-refractivity contribution in [1.29, 1.82) is 0 Å². The van der Waals surface area contributed by atoms with Crippen LogP contribution >= 0.6 is 0 Å². The number of hydrogen-bond donors (Lipinski definition) is 1. The number of ether oxygens (including phenoxy) is 2. The molecule has 1 saturated heterocycles. The first-order valence-corrected chi connectivity index (χ1v) is 8.03. The molecule has 3 rings (SSSR count). The number of methoxy groups -OCH3 is 1. The van der Waals surface area contributed by atoms with Crippen molar-refractivity contribution >= 4 is 0 Å². The van der Waals surface area contributed by atoms with E-state index in [0.29, 0.717) is 5.92 Å². The first kappa shape index (κ1) is 14.9. The van der Waals surface area contributed by atoms with Gasteiger partial charge in [-0.15, -0.1) is 0 Å². The molecule has 1 N–H and O–H groups in total. The molecule has 1 aromatic rings. The van der Waals surface area contributed by atoms with Gasteiger partial charge in [0, 0.05) is 19.5 Å². The van der Waals surface area contributed by atoms with Crippen molar-refractivity contribution in [2.45, 2.75) is 51.2 Å². The van der Waals surface area contributed by atoms with Crippen LogP contribution in [0.1, 0.15) is 38.3 Å². The molecule has 0 amide bonds. The predicted molar refractivity (Wildman–Crippen MR) is 84.9 cm³/mol. The number of fused-ring (bicyclic) bond motifs is 1. The molecule has 1 heterocycles. The number of nitrogens with one attached hydrogen (secondary N) is 1. The number of morpholine rings is 1. The number of aryl methyl sites for hydroxylation is 1. The summed E-state index contributed by atoms with van der Waals surface area (Å²) in [6.07, 6.45) is 3.17. The molecule has 1 fully saturated rings. The third-order valence-corrected chi connectivity index (χ3v) is 5.37. The fraction of sp³-hybridized carbons (Fsp3) is 0.667. The molecule has 1 aliphatic carbocycles. The molecule has 21 heavy (non-hydrogen) atoms. The molecular formula is C18H27NO2. The SMILES string of the molecule is COc1ccc2c(c1)CC1(CC2)CNCC(C)(C(C)C)O1. The largest absolute Gasteiger partial charge is 0.497 e. The van der Waals surface area contributed by atoms with Gasteiger partial charge in [-0.2, -0.15) is 0 Å². The van der Waals surface area contributed by atoms with Crippen LogP contribution in [0, 0.1) is 5.92 Å². The minimum atomic E-state index is -0.0748. The molecule has 0 radical (unpaired) electrons. The van der Waals surface area contributed by atoms with Gasteiger partial charge in [-0.25, -0.2) is 0 Å². The third-order valence-electron chi connectivity index (χ3n) is 5.37. The first-order chi connectivity index (χ1) is 9.96. The zero-order chi connectivity index (χ0) is 15.1. The minimum Gasteiger partial charge on any atom is -0.497 e. The second kappa shape index (κ2) is 5.29. The summed E-state index contributed by atoms with van der Waals surface area (Å²) in [6.45, 7) is 8.64. The Labute approximate surface area is 128 Å². The van der Waals surface area contributed by atoms with Gasteiger partial charge >= 0.3 is 0 Å². The van der Waals surface area contributed by atoms with Crippen LogP contribution in [0.3, 0.4) is 0 Å². The van der Waals surface area contributed by atoms with Crippen molar-refractivity contribution in [3.8, 4) is 5.75 Å². The lowest BCUT2D eigenvalue weighted by atomic mass is 9.77. The molecule has 2 aliphatic rings. The highest BCUT2D eigenvalue weighted by molar-refractivity contribution is 5.39. The van der Waals surface area contributed by atoms with Crippen LogP contribution in [0.4, 0.5) is 0 Å². The monoisotopic (exact) mass is 289 g/mol. The summed E-state index contributed by atoms with van der Waals surface area (Å²) >= 11 is 0. The fourth-order valence-electron chi connectivity index (χ4n) is 3.60. The quantitative estimate of drug-likeness (QED) is 0.908. The van der Waals surface area contributed by atoms with E-state index < -0.39 is 0 Å². The van der Waals surface area contributed by atoms with Crippen LogP contribution in [0.15, 0.2) is 18.2 Å². The van der Waals surface area contributed by atoms with Crippen molar-refractivity contribution < 1.29 is 9.47 Å². The van der Waals surface area contributed by atoms with Gasteiger partial charge in [0.1, 0.15) is 5.75 Å². The van der Waals surface area contributed by atoms with E-state index in [2.05, 4.69) is 44.3 Å². The van der Waals surface area contributed by atoms with Gasteiger partial charge < -0.3 is 14.8 Å². The average Bonchev–Trinajstić information content (AvgIpc) is 2.46. The second-order valence-electron chi connectivity index (χ2n) is 7.17. The third kappa shape index (κ3) is 2.69. The van der Waals surface area contributed by atoms with Gasteiger partial charge in [0.05, 0.1) is 18.3 Å². The van der Waals surface area contributed by atoms with Gasteiger partial charge in [-0.05, 0) is 48.9 Å². The molecule has 1 aliphatic heterocycles. The lowest BCUT2D eigenvalue weighted by Crippen LogP contribution is -2.62. The van der Waals surface area contributed by atoms with Crippen molar-refractivity contribution in [1.82, 2.24) is 5.32 Å². The summed E-state index contributed by atoms with van der Waals surface area (Å²) in [4.78, 5) is 0. The summed E-state index contributed by atoms with van der Waals surface area (Å²) in [6, 6.07) is 6.45. The number of rotatable bonds is 2. The van der Waals surface area contributed by atoms with E-state index in [9.17, 15) is 0 Å². The summed E-state index contributed by atoms with van der Waals surface area (Å²) in [7, 11) is 1.73. The second-order valence-corrected chi connectivity index (χ2v) is 7.17. The van der Waals surface area contributed by atoms with Crippen molar-refractivity contribution in [3.63, 3.8) is 0 Å². The van der Waals surface area contributed by atoms with E-state index in [1.165, 1.54) is 11.1 Å². The Morgan fingerprint density at radius 1 is 1.24 bits per heavy atom. The molecule has 1 spiro atoms. The smallest absolute Gasteiger partial charge is 0.119 e. The van der Waals surface area contributed by atoms with Gasteiger partial charge in [0.2, 0.25) is 0 Å². The number of benzene rings is 1. The van der Waals surface area contributed by atoms with E-state index >= 15 is 0 Å². The first-order valence-electron chi connectivity index (χ1n) is 8.03. The van der Waals surface area contributed by atoms with E-state index in [1.807, 2.05) is 0 Å². The van der Waals surface area contributed by atoms with E-state index in [0.717, 1.165) is 38.1 Å². The summed E-state index contributed by atoms with van der Waals surface area (Å²) < 4.78 is 12.1. The molecule has 1 aromatic carbocycles. The predicted octanol–water partition coefficient (Wildman–Crippen LogP) is 2.96. The maximum Gasteiger partial charge on any atom is 0.119 e. The molecule has 2 atom stereocenters.